The van der Waals surface area contributed by atoms with Gasteiger partial charge in [-0.1, -0.05) is 18.2 Å². The van der Waals surface area contributed by atoms with Crippen LogP contribution in [0.1, 0.15) is 10.4 Å². The van der Waals surface area contributed by atoms with Crippen LogP contribution in [0.4, 0.5) is 4.39 Å². The summed E-state index contributed by atoms with van der Waals surface area (Å²) in [6.07, 6.45) is 0. The Bertz CT molecular complexity index is 1370. The van der Waals surface area contributed by atoms with Crippen LogP contribution < -0.4 is 5.43 Å². The number of fused-ring (bicyclic) bond motifs is 2. The fraction of sp³-hybridized carbons (Fsp3) is 0.0870. The van der Waals surface area contributed by atoms with Crippen LogP contribution in [-0.4, -0.2) is 28.7 Å². The number of pyridine rings is 1. The van der Waals surface area contributed by atoms with Crippen molar-refractivity contribution in [1.29, 1.82) is 0 Å². The quantitative estimate of drug-likeness (QED) is 0.412. The van der Waals surface area contributed by atoms with E-state index >= 15 is 0 Å². The first-order valence-corrected chi connectivity index (χ1v) is 9.05. The van der Waals surface area contributed by atoms with Gasteiger partial charge in [0.1, 0.15) is 12.4 Å². The molecule has 0 aliphatic rings. The number of carboxylic acids is 1. The molecular weight excluding hydrogens is 389 g/mol. The predicted octanol–water partition coefficient (Wildman–Crippen LogP) is 3.83. The van der Waals surface area contributed by atoms with Crippen molar-refractivity contribution in [2.75, 3.05) is 7.11 Å². The number of rotatable bonds is 4. The largest absolute Gasteiger partial charge is 0.480 e. The average Bonchev–Trinajstić information content (AvgIpc) is 2.75. The molecule has 0 saturated heterocycles. The molecule has 0 spiro atoms. The SMILES string of the molecule is COC(=O)c1ccc(-c2ccc3c(=O)c4cc(F)ccc4n(CC(=O)O)c3c2)cc1. The molecule has 0 amide bonds. The number of esters is 1. The Morgan fingerprint density at radius 1 is 0.933 bits per heavy atom. The van der Waals surface area contributed by atoms with Crippen LogP contribution in [0.2, 0.25) is 0 Å². The third-order valence-corrected chi connectivity index (χ3v) is 4.96. The van der Waals surface area contributed by atoms with Gasteiger partial charge in [-0.3, -0.25) is 9.59 Å². The first-order valence-electron chi connectivity index (χ1n) is 9.05. The smallest absolute Gasteiger partial charge is 0.337 e. The van der Waals surface area contributed by atoms with Crippen LogP contribution in [0.15, 0.2) is 65.5 Å². The third kappa shape index (κ3) is 3.30. The van der Waals surface area contributed by atoms with E-state index in [4.69, 9.17) is 4.74 Å². The molecule has 0 atom stereocenters. The van der Waals surface area contributed by atoms with Crippen LogP contribution >= 0.6 is 0 Å². The summed E-state index contributed by atoms with van der Waals surface area (Å²) in [5.74, 6) is -2.10. The molecule has 6 nitrogen and oxygen atoms in total. The van der Waals surface area contributed by atoms with Crippen LogP contribution in [0, 0.1) is 5.82 Å². The number of aliphatic carboxylic acids is 1. The molecule has 7 heteroatoms. The van der Waals surface area contributed by atoms with Crippen molar-refractivity contribution in [2.45, 2.75) is 6.54 Å². The van der Waals surface area contributed by atoms with E-state index in [0.717, 1.165) is 17.2 Å². The summed E-state index contributed by atoms with van der Waals surface area (Å²) < 4.78 is 19.9. The molecule has 1 N–H and O–H groups in total. The molecule has 1 heterocycles. The molecule has 3 aromatic carbocycles. The van der Waals surface area contributed by atoms with Gasteiger partial charge in [-0.05, 0) is 53.6 Å². The third-order valence-electron chi connectivity index (χ3n) is 4.96. The Kier molecular flexibility index (Phi) is 4.79. The maximum absolute atomic E-state index is 13.7. The fourth-order valence-electron chi connectivity index (χ4n) is 3.55. The highest BCUT2D eigenvalue weighted by Crippen LogP contribution is 2.27. The summed E-state index contributed by atoms with van der Waals surface area (Å²) in [7, 11) is 1.30. The second kappa shape index (κ2) is 7.44. The lowest BCUT2D eigenvalue weighted by atomic mass is 10.0. The summed E-state index contributed by atoms with van der Waals surface area (Å²) in [5, 5.41) is 9.80. The van der Waals surface area contributed by atoms with Gasteiger partial charge in [0, 0.05) is 10.8 Å². The first kappa shape index (κ1) is 19.3. The van der Waals surface area contributed by atoms with E-state index < -0.39 is 17.8 Å². The van der Waals surface area contributed by atoms with Gasteiger partial charge in [0.15, 0.2) is 5.43 Å². The number of nitrogens with zero attached hydrogens (tertiary/aromatic N) is 1. The van der Waals surface area contributed by atoms with E-state index in [9.17, 15) is 23.9 Å². The standard InChI is InChI=1S/C23H16FNO5/c1-30-23(29)14-4-2-13(3-5-14)15-6-8-17-20(10-15)25(12-21(26)27)19-9-7-16(24)11-18(19)22(17)28/h2-11H,12H2,1H3,(H,26,27). The monoisotopic (exact) mass is 405 g/mol. The molecule has 4 aromatic rings. The van der Waals surface area contributed by atoms with Crippen LogP contribution in [0.5, 0.6) is 0 Å². The van der Waals surface area contributed by atoms with E-state index in [-0.39, 0.29) is 17.4 Å². The lowest BCUT2D eigenvalue weighted by molar-refractivity contribution is -0.137. The lowest BCUT2D eigenvalue weighted by Gasteiger charge is -2.14. The summed E-state index contributed by atoms with van der Waals surface area (Å²) in [6, 6.07) is 15.5. The summed E-state index contributed by atoms with van der Waals surface area (Å²) in [6.45, 7) is -0.385. The molecule has 30 heavy (non-hydrogen) atoms. The number of carbonyl (C=O) groups is 2. The highest BCUT2D eigenvalue weighted by atomic mass is 19.1. The van der Waals surface area contributed by atoms with E-state index in [1.54, 1.807) is 42.5 Å². The molecule has 0 fully saturated rings. The number of hydrogen-bond acceptors (Lipinski definition) is 4. The molecule has 0 unspecified atom stereocenters. The second-order valence-corrected chi connectivity index (χ2v) is 6.77. The number of carboxylic acid groups (broad SMARTS) is 1. The number of methoxy groups -OCH3 is 1. The lowest BCUT2D eigenvalue weighted by Crippen LogP contribution is -2.16. The summed E-state index contributed by atoms with van der Waals surface area (Å²) >= 11 is 0. The average molecular weight is 405 g/mol. The molecule has 150 valence electrons. The Morgan fingerprint density at radius 3 is 2.30 bits per heavy atom. The summed E-state index contributed by atoms with van der Waals surface area (Å²) in [4.78, 5) is 36.0. The minimum atomic E-state index is -1.08. The van der Waals surface area contributed by atoms with Gasteiger partial charge in [0.2, 0.25) is 0 Å². The zero-order chi connectivity index (χ0) is 21.4. The van der Waals surface area contributed by atoms with Crippen molar-refractivity contribution in [1.82, 2.24) is 4.57 Å². The highest BCUT2D eigenvalue weighted by molar-refractivity contribution is 5.96. The second-order valence-electron chi connectivity index (χ2n) is 6.77. The zero-order valence-corrected chi connectivity index (χ0v) is 15.9. The van der Waals surface area contributed by atoms with Crippen molar-refractivity contribution >= 4 is 33.7 Å². The van der Waals surface area contributed by atoms with Gasteiger partial charge >= 0.3 is 11.9 Å². The Hall–Kier alpha value is -4.00. The number of benzene rings is 3. The normalized spacial score (nSPS) is 11.0. The highest BCUT2D eigenvalue weighted by Gasteiger charge is 2.15. The maximum Gasteiger partial charge on any atom is 0.337 e. The predicted molar refractivity (Wildman–Crippen MR) is 110 cm³/mol. The van der Waals surface area contributed by atoms with E-state index in [0.29, 0.717) is 22.0 Å². The van der Waals surface area contributed by atoms with Gasteiger partial charge in [-0.15, -0.1) is 0 Å². The molecule has 0 radical (unpaired) electrons. The van der Waals surface area contributed by atoms with Gasteiger partial charge in [0.05, 0.1) is 23.7 Å². The van der Waals surface area contributed by atoms with E-state index in [1.165, 1.54) is 23.8 Å². The topological polar surface area (TPSA) is 85.6 Å². The zero-order valence-electron chi connectivity index (χ0n) is 15.9. The first-order chi connectivity index (χ1) is 14.4. The maximum atomic E-state index is 13.7. The number of ether oxygens (including phenoxy) is 1. The Labute approximate surface area is 169 Å². The molecule has 0 bridgehead atoms. The minimum absolute atomic E-state index is 0.124. The number of carbonyl (C=O) groups excluding carboxylic acids is 1. The molecule has 4 rings (SSSR count). The van der Waals surface area contributed by atoms with E-state index in [2.05, 4.69) is 0 Å². The van der Waals surface area contributed by atoms with Crippen molar-refractivity contribution in [3.05, 3.63) is 82.3 Å². The van der Waals surface area contributed by atoms with Crippen LogP contribution in [0.3, 0.4) is 0 Å². The Balaban J connectivity index is 1.96. The van der Waals surface area contributed by atoms with Gasteiger partial charge in [0.25, 0.3) is 0 Å². The number of halogens is 1. The van der Waals surface area contributed by atoms with Gasteiger partial charge in [-0.25, -0.2) is 9.18 Å². The van der Waals surface area contributed by atoms with Crippen molar-refractivity contribution in [2.24, 2.45) is 0 Å². The molecule has 1 aromatic heterocycles. The van der Waals surface area contributed by atoms with Gasteiger partial charge < -0.3 is 14.4 Å². The number of aromatic nitrogens is 1. The molecule has 0 aliphatic heterocycles. The molecule has 0 aliphatic carbocycles. The molecular formula is C23H16FNO5. The summed E-state index contributed by atoms with van der Waals surface area (Å²) in [5.41, 5.74) is 2.31. The van der Waals surface area contributed by atoms with Gasteiger partial charge in [-0.2, -0.15) is 0 Å². The van der Waals surface area contributed by atoms with Crippen molar-refractivity contribution in [3.8, 4) is 11.1 Å². The van der Waals surface area contributed by atoms with Crippen molar-refractivity contribution < 1.29 is 23.8 Å². The number of hydrogen-bond donors (Lipinski definition) is 1. The minimum Gasteiger partial charge on any atom is -0.480 e. The van der Waals surface area contributed by atoms with Crippen LogP contribution in [0.25, 0.3) is 32.9 Å². The van der Waals surface area contributed by atoms with Crippen LogP contribution in [-0.2, 0) is 16.1 Å². The van der Waals surface area contributed by atoms with Crippen molar-refractivity contribution in [3.63, 3.8) is 0 Å². The fourth-order valence-corrected chi connectivity index (χ4v) is 3.55. The molecule has 0 saturated carbocycles. The van der Waals surface area contributed by atoms with E-state index in [1.807, 2.05) is 0 Å². The Morgan fingerprint density at radius 2 is 1.63 bits per heavy atom.